The van der Waals surface area contributed by atoms with Crippen LogP contribution in [0, 0.1) is 5.41 Å². The van der Waals surface area contributed by atoms with Crippen LogP contribution in [0.15, 0.2) is 18.3 Å². The zero-order valence-electron chi connectivity index (χ0n) is 11.7. The zero-order valence-corrected chi connectivity index (χ0v) is 11.7. The van der Waals surface area contributed by atoms with Gasteiger partial charge in [0.1, 0.15) is 0 Å². The van der Waals surface area contributed by atoms with Crippen molar-refractivity contribution in [3.05, 3.63) is 23.9 Å². The van der Waals surface area contributed by atoms with E-state index in [1.807, 2.05) is 19.1 Å². The van der Waals surface area contributed by atoms with Crippen molar-refractivity contribution in [3.8, 4) is 5.88 Å². The summed E-state index contributed by atoms with van der Waals surface area (Å²) in [6, 6.07) is 4.16. The Morgan fingerprint density at radius 1 is 1.65 bits per heavy atom. The molecule has 1 aromatic heterocycles. The molecule has 2 N–H and O–H groups in total. The number of nitrogens with one attached hydrogen (secondary N) is 1. The van der Waals surface area contributed by atoms with Gasteiger partial charge in [-0.15, -0.1) is 0 Å². The molecule has 0 radical (unpaired) electrons. The maximum absolute atomic E-state index is 11.5. The fourth-order valence-electron chi connectivity index (χ4n) is 3.20. The molecule has 3 heterocycles. The quantitative estimate of drug-likeness (QED) is 0.826. The van der Waals surface area contributed by atoms with Crippen molar-refractivity contribution in [3.63, 3.8) is 0 Å². The van der Waals surface area contributed by atoms with Crippen molar-refractivity contribution < 1.29 is 14.6 Å². The minimum absolute atomic E-state index is 0.0474. The number of rotatable bonds is 4. The monoisotopic (exact) mass is 277 g/mol. The highest BCUT2D eigenvalue weighted by Crippen LogP contribution is 2.40. The van der Waals surface area contributed by atoms with Crippen LogP contribution >= 0.6 is 0 Å². The maximum atomic E-state index is 11.5. The lowest BCUT2D eigenvalue weighted by molar-refractivity contribution is -0.148. The predicted octanol–water partition coefficient (Wildman–Crippen LogP) is 0.337. The molecule has 3 rings (SSSR count). The minimum Gasteiger partial charge on any atom is -0.481 e. The zero-order chi connectivity index (χ0) is 14.3. The minimum atomic E-state index is -0.727. The highest BCUT2D eigenvalue weighted by atomic mass is 16.5. The molecule has 6 nitrogen and oxygen atoms in total. The number of nitrogens with zero attached hydrogens (tertiary/aromatic N) is 2. The Hall–Kier alpha value is -1.66. The molecule has 2 aliphatic heterocycles. The van der Waals surface area contributed by atoms with E-state index in [4.69, 9.17) is 4.74 Å². The van der Waals surface area contributed by atoms with Crippen molar-refractivity contribution in [2.24, 2.45) is 5.41 Å². The largest absolute Gasteiger partial charge is 0.481 e. The van der Waals surface area contributed by atoms with E-state index in [0.29, 0.717) is 18.5 Å². The molecule has 6 heteroatoms. The molecule has 2 aliphatic rings. The maximum Gasteiger partial charge on any atom is 0.312 e. The van der Waals surface area contributed by atoms with Crippen LogP contribution in [0.3, 0.4) is 0 Å². The van der Waals surface area contributed by atoms with Gasteiger partial charge in [-0.2, -0.15) is 0 Å². The summed E-state index contributed by atoms with van der Waals surface area (Å²) in [5, 5.41) is 12.7. The second-order valence-corrected chi connectivity index (χ2v) is 5.79. The molecule has 1 aromatic rings. The van der Waals surface area contributed by atoms with E-state index < -0.39 is 11.4 Å². The van der Waals surface area contributed by atoms with Crippen LogP contribution in [0.4, 0.5) is 0 Å². The second-order valence-electron chi connectivity index (χ2n) is 5.79. The molecule has 0 bridgehead atoms. The van der Waals surface area contributed by atoms with Gasteiger partial charge in [-0.1, -0.05) is 6.07 Å². The molecule has 108 valence electrons. The molecular formula is C14H19N3O3. The Bertz CT molecular complexity index is 519. The first-order valence-corrected chi connectivity index (χ1v) is 6.74. The summed E-state index contributed by atoms with van der Waals surface area (Å²) in [6.45, 7) is 3.97. The Labute approximate surface area is 117 Å². The molecule has 0 aromatic carbocycles. The lowest BCUT2D eigenvalue weighted by atomic mass is 9.79. The Kier molecular flexibility index (Phi) is 3.14. The van der Waals surface area contributed by atoms with Crippen LogP contribution in [-0.4, -0.2) is 53.2 Å². The van der Waals surface area contributed by atoms with Gasteiger partial charge in [0.2, 0.25) is 5.88 Å². The number of pyridine rings is 1. The van der Waals surface area contributed by atoms with Gasteiger partial charge in [0.15, 0.2) is 0 Å². The number of likely N-dealkylation sites (tertiary alicyclic amines) is 1. The second kappa shape index (κ2) is 4.71. The third kappa shape index (κ3) is 1.96. The van der Waals surface area contributed by atoms with E-state index in [-0.39, 0.29) is 6.04 Å². The standard InChI is InChI=1S/C14H19N3O3/c1-14(13(18)19)8-17(10-6-16-12(10)14)7-9-3-4-11(20-2)15-5-9/h3-5,10,12,16H,6-8H2,1-2H3,(H,18,19). The molecule has 2 fully saturated rings. The van der Waals surface area contributed by atoms with Crippen molar-refractivity contribution >= 4 is 5.97 Å². The number of ether oxygens (including phenoxy) is 1. The summed E-state index contributed by atoms with van der Waals surface area (Å²) in [7, 11) is 1.59. The topological polar surface area (TPSA) is 74.7 Å². The van der Waals surface area contributed by atoms with Gasteiger partial charge in [0.25, 0.3) is 0 Å². The Morgan fingerprint density at radius 2 is 2.45 bits per heavy atom. The highest BCUT2D eigenvalue weighted by molar-refractivity contribution is 5.76. The van der Waals surface area contributed by atoms with Gasteiger partial charge in [-0.25, -0.2) is 4.98 Å². The van der Waals surface area contributed by atoms with E-state index in [9.17, 15) is 9.90 Å². The average molecular weight is 277 g/mol. The number of carbonyl (C=O) groups is 1. The normalized spacial score (nSPS) is 32.5. The smallest absolute Gasteiger partial charge is 0.312 e. The summed E-state index contributed by atoms with van der Waals surface area (Å²) in [4.78, 5) is 17.9. The van der Waals surface area contributed by atoms with Crippen LogP contribution in [0.1, 0.15) is 12.5 Å². The van der Waals surface area contributed by atoms with E-state index in [2.05, 4.69) is 15.2 Å². The number of hydrogen-bond acceptors (Lipinski definition) is 5. The first-order valence-electron chi connectivity index (χ1n) is 6.74. The van der Waals surface area contributed by atoms with Crippen molar-refractivity contribution in [2.75, 3.05) is 20.2 Å². The van der Waals surface area contributed by atoms with Gasteiger partial charge in [-0.05, 0) is 12.5 Å². The Morgan fingerprint density at radius 3 is 2.90 bits per heavy atom. The van der Waals surface area contributed by atoms with E-state index in [1.54, 1.807) is 13.3 Å². The Balaban J connectivity index is 1.73. The fraction of sp³-hybridized carbons (Fsp3) is 0.571. The summed E-state index contributed by atoms with van der Waals surface area (Å²) in [6.07, 6.45) is 1.79. The molecule has 2 saturated heterocycles. The van der Waals surface area contributed by atoms with Crippen molar-refractivity contribution in [2.45, 2.75) is 25.6 Å². The van der Waals surface area contributed by atoms with E-state index in [1.165, 1.54) is 0 Å². The lowest BCUT2D eigenvalue weighted by Gasteiger charge is -2.40. The third-order valence-electron chi connectivity index (χ3n) is 4.50. The summed E-state index contributed by atoms with van der Waals surface area (Å²) in [5.74, 6) is -0.135. The summed E-state index contributed by atoms with van der Waals surface area (Å²) < 4.78 is 5.04. The van der Waals surface area contributed by atoms with Crippen molar-refractivity contribution in [1.29, 1.82) is 0 Å². The van der Waals surface area contributed by atoms with Crippen molar-refractivity contribution in [1.82, 2.24) is 15.2 Å². The fourth-order valence-corrected chi connectivity index (χ4v) is 3.20. The molecule has 0 saturated carbocycles. The number of fused-ring (bicyclic) bond motifs is 1. The van der Waals surface area contributed by atoms with Gasteiger partial charge in [0.05, 0.1) is 12.5 Å². The lowest BCUT2D eigenvalue weighted by Crippen LogP contribution is -2.64. The average Bonchev–Trinajstić information content (AvgIpc) is 2.56. The first kappa shape index (κ1) is 13.3. The number of aromatic nitrogens is 1. The molecule has 0 spiro atoms. The van der Waals surface area contributed by atoms with Crippen LogP contribution < -0.4 is 10.1 Å². The van der Waals surface area contributed by atoms with Gasteiger partial charge in [-0.3, -0.25) is 9.69 Å². The molecule has 20 heavy (non-hydrogen) atoms. The van der Waals surface area contributed by atoms with Crippen LogP contribution in [0.25, 0.3) is 0 Å². The summed E-state index contributed by atoms with van der Waals surface area (Å²) >= 11 is 0. The predicted molar refractivity (Wildman–Crippen MR) is 72.5 cm³/mol. The molecule has 3 atom stereocenters. The van der Waals surface area contributed by atoms with Gasteiger partial charge >= 0.3 is 5.97 Å². The number of aliphatic carboxylic acids is 1. The van der Waals surface area contributed by atoms with Gasteiger partial charge in [0, 0.05) is 44.0 Å². The molecular weight excluding hydrogens is 258 g/mol. The van der Waals surface area contributed by atoms with Crippen LogP contribution in [0.2, 0.25) is 0 Å². The van der Waals surface area contributed by atoms with Crippen LogP contribution in [-0.2, 0) is 11.3 Å². The third-order valence-corrected chi connectivity index (χ3v) is 4.50. The number of carboxylic acids is 1. The summed E-state index contributed by atoms with van der Waals surface area (Å²) in [5.41, 5.74) is 0.370. The molecule has 3 unspecified atom stereocenters. The van der Waals surface area contributed by atoms with E-state index >= 15 is 0 Å². The number of hydrogen-bond donors (Lipinski definition) is 2. The molecule has 0 amide bonds. The SMILES string of the molecule is COc1ccc(CN2CC(C)(C(=O)O)C3NCC32)cn1. The van der Waals surface area contributed by atoms with E-state index in [0.717, 1.165) is 18.7 Å². The number of methoxy groups -OCH3 is 1. The number of carboxylic acid groups (broad SMARTS) is 1. The highest BCUT2D eigenvalue weighted by Gasteiger charge is 2.58. The van der Waals surface area contributed by atoms with Gasteiger partial charge < -0.3 is 15.2 Å². The van der Waals surface area contributed by atoms with Crippen LogP contribution in [0.5, 0.6) is 5.88 Å². The first-order chi connectivity index (χ1) is 9.54. The molecule has 0 aliphatic carbocycles.